The maximum Gasteiger partial charge on any atom is 0.335 e. The number of carbonyl (C=O) groups is 1. The van der Waals surface area contributed by atoms with Crippen molar-refractivity contribution < 1.29 is 23.4 Å². The zero-order valence-corrected chi connectivity index (χ0v) is 13.8. The van der Waals surface area contributed by atoms with Crippen molar-refractivity contribution in [2.24, 2.45) is 0 Å². The second-order valence-corrected chi connectivity index (χ2v) is 7.40. The minimum atomic E-state index is -4.25. The zero-order chi connectivity index (χ0) is 18.4. The predicted octanol–water partition coefficient (Wildman–Crippen LogP) is 2.07. The summed E-state index contributed by atoms with van der Waals surface area (Å²) < 4.78 is 25.5. The summed E-state index contributed by atoms with van der Waals surface area (Å²) in [4.78, 5) is 24.7. The molecule has 0 radical (unpaired) electrons. The molecule has 0 aliphatic heterocycles. The van der Waals surface area contributed by atoms with Crippen LogP contribution < -0.4 is 5.56 Å². The first kappa shape index (κ1) is 16.7. The molecule has 0 amide bonds. The largest absolute Gasteiger partial charge is 0.506 e. The number of aromatic amines is 1. The van der Waals surface area contributed by atoms with Crippen molar-refractivity contribution in [1.82, 2.24) is 4.98 Å². The molecule has 7 nitrogen and oxygen atoms in total. The second-order valence-electron chi connectivity index (χ2n) is 5.51. The maximum atomic E-state index is 12.7. The highest BCUT2D eigenvalue weighted by Gasteiger charge is 2.27. The molecule has 0 unspecified atom stereocenters. The Morgan fingerprint density at radius 2 is 1.72 bits per heavy atom. The summed E-state index contributed by atoms with van der Waals surface area (Å²) >= 11 is 0. The third-order valence-electron chi connectivity index (χ3n) is 3.79. The Kier molecular flexibility index (Phi) is 3.84. The summed E-state index contributed by atoms with van der Waals surface area (Å²) in [6, 6.07) is 9.48. The van der Waals surface area contributed by atoms with Crippen LogP contribution in [0.25, 0.3) is 10.9 Å². The normalized spacial score (nSPS) is 11.6. The van der Waals surface area contributed by atoms with Crippen LogP contribution in [-0.2, 0) is 9.84 Å². The molecule has 3 N–H and O–H groups in total. The highest BCUT2D eigenvalue weighted by molar-refractivity contribution is 7.91. The Morgan fingerprint density at radius 1 is 1.08 bits per heavy atom. The molecule has 25 heavy (non-hydrogen) atoms. The number of carboxylic acid groups (broad SMARTS) is 1. The van der Waals surface area contributed by atoms with Crippen LogP contribution in [-0.4, -0.2) is 29.6 Å². The first-order valence-electron chi connectivity index (χ1n) is 7.16. The van der Waals surface area contributed by atoms with E-state index in [1.54, 1.807) is 19.1 Å². The fourth-order valence-corrected chi connectivity index (χ4v) is 3.87. The highest BCUT2D eigenvalue weighted by atomic mass is 32.2. The summed E-state index contributed by atoms with van der Waals surface area (Å²) in [5.74, 6) is -1.92. The Balaban J connectivity index is 2.30. The minimum Gasteiger partial charge on any atom is -0.506 e. The molecule has 2 aromatic carbocycles. The van der Waals surface area contributed by atoms with E-state index in [2.05, 4.69) is 4.98 Å². The van der Waals surface area contributed by atoms with Gasteiger partial charge in [0.05, 0.1) is 16.0 Å². The molecule has 1 heterocycles. The monoisotopic (exact) mass is 359 g/mol. The van der Waals surface area contributed by atoms with Crippen molar-refractivity contribution in [3.8, 4) is 5.75 Å². The number of aryl methyl sites for hydroxylation is 1. The molecule has 0 atom stereocenters. The van der Waals surface area contributed by atoms with Crippen molar-refractivity contribution in [2.75, 3.05) is 0 Å². The topological polar surface area (TPSA) is 125 Å². The first-order valence-corrected chi connectivity index (χ1v) is 8.64. The Hall–Kier alpha value is -3.13. The fraction of sp³-hybridized carbons (Fsp3) is 0.0588. The molecule has 3 aromatic rings. The summed E-state index contributed by atoms with van der Waals surface area (Å²) in [5.41, 5.74) is -0.244. The summed E-state index contributed by atoms with van der Waals surface area (Å²) in [6.45, 7) is 1.79. The number of H-pyrrole nitrogens is 1. The smallest absolute Gasteiger partial charge is 0.335 e. The number of benzene rings is 2. The van der Waals surface area contributed by atoms with E-state index in [1.165, 1.54) is 24.3 Å². The van der Waals surface area contributed by atoms with E-state index in [9.17, 15) is 23.1 Å². The molecule has 8 heteroatoms. The number of hydrogen-bond acceptors (Lipinski definition) is 5. The van der Waals surface area contributed by atoms with Crippen LogP contribution in [0.2, 0.25) is 0 Å². The molecular weight excluding hydrogens is 346 g/mol. The van der Waals surface area contributed by atoms with Gasteiger partial charge in [-0.2, -0.15) is 0 Å². The van der Waals surface area contributed by atoms with Crippen LogP contribution >= 0.6 is 0 Å². The lowest BCUT2D eigenvalue weighted by Crippen LogP contribution is -2.18. The third-order valence-corrected chi connectivity index (χ3v) is 5.60. The lowest BCUT2D eigenvalue weighted by atomic mass is 10.1. The van der Waals surface area contributed by atoms with E-state index in [4.69, 9.17) is 5.11 Å². The lowest BCUT2D eigenvalue weighted by molar-refractivity contribution is 0.0697. The molecule has 0 fully saturated rings. The van der Waals surface area contributed by atoms with Crippen LogP contribution in [0, 0.1) is 6.92 Å². The minimum absolute atomic E-state index is 0.0326. The van der Waals surface area contributed by atoms with E-state index >= 15 is 0 Å². The van der Waals surface area contributed by atoms with Crippen LogP contribution in [0.4, 0.5) is 0 Å². The van der Waals surface area contributed by atoms with Gasteiger partial charge in [0.15, 0.2) is 4.90 Å². The van der Waals surface area contributed by atoms with Gasteiger partial charge in [0.1, 0.15) is 5.75 Å². The fourth-order valence-electron chi connectivity index (χ4n) is 2.48. The Labute approximate surface area is 142 Å². The van der Waals surface area contributed by atoms with Gasteiger partial charge < -0.3 is 15.2 Å². The summed E-state index contributed by atoms with van der Waals surface area (Å²) in [5, 5.41) is 19.4. The maximum absolute atomic E-state index is 12.7. The van der Waals surface area contributed by atoms with Crippen molar-refractivity contribution in [1.29, 1.82) is 0 Å². The van der Waals surface area contributed by atoms with E-state index in [0.717, 1.165) is 11.6 Å². The van der Waals surface area contributed by atoms with E-state index in [0.29, 0.717) is 0 Å². The quantitative estimate of drug-likeness (QED) is 0.657. The van der Waals surface area contributed by atoms with Crippen LogP contribution in [0.5, 0.6) is 5.75 Å². The number of aromatic nitrogens is 1. The van der Waals surface area contributed by atoms with Gasteiger partial charge in [-0.25, -0.2) is 13.2 Å². The molecule has 0 aliphatic carbocycles. The van der Waals surface area contributed by atoms with Gasteiger partial charge in [-0.3, -0.25) is 4.79 Å². The zero-order valence-electron chi connectivity index (χ0n) is 13.0. The predicted molar refractivity (Wildman–Crippen MR) is 89.8 cm³/mol. The van der Waals surface area contributed by atoms with Gasteiger partial charge in [-0.15, -0.1) is 0 Å². The number of hydrogen-bond donors (Lipinski definition) is 3. The number of nitrogens with one attached hydrogen (secondary N) is 1. The number of aromatic carboxylic acids is 1. The third kappa shape index (κ3) is 2.76. The molecule has 128 valence electrons. The Bertz CT molecular complexity index is 1160. The van der Waals surface area contributed by atoms with Gasteiger partial charge in [-0.05, 0) is 37.3 Å². The van der Waals surface area contributed by atoms with Gasteiger partial charge in [-0.1, -0.05) is 17.7 Å². The molecule has 0 saturated carbocycles. The Morgan fingerprint density at radius 3 is 2.32 bits per heavy atom. The van der Waals surface area contributed by atoms with Crippen molar-refractivity contribution in [3.05, 3.63) is 63.9 Å². The van der Waals surface area contributed by atoms with Crippen molar-refractivity contribution in [2.45, 2.75) is 16.7 Å². The SMILES string of the molecule is Cc1ccc(S(=O)(=O)c2c(O)c3ccc(C(=O)O)cc3[nH]c2=O)cc1. The number of aromatic hydroxyl groups is 1. The van der Waals surface area contributed by atoms with Gasteiger partial charge >= 0.3 is 5.97 Å². The molecular formula is C17H13NO6S. The van der Waals surface area contributed by atoms with Gasteiger partial charge in [0, 0.05) is 5.39 Å². The molecule has 0 saturated heterocycles. The van der Waals surface area contributed by atoms with Crippen molar-refractivity contribution >= 4 is 26.7 Å². The molecule has 0 bridgehead atoms. The molecule has 0 aliphatic rings. The van der Waals surface area contributed by atoms with E-state index in [-0.39, 0.29) is 21.4 Å². The summed E-state index contributed by atoms with van der Waals surface area (Å²) in [7, 11) is -4.25. The van der Waals surface area contributed by atoms with Crippen molar-refractivity contribution in [3.63, 3.8) is 0 Å². The van der Waals surface area contributed by atoms with Gasteiger partial charge in [0.25, 0.3) is 5.56 Å². The highest BCUT2D eigenvalue weighted by Crippen LogP contribution is 2.31. The molecule has 3 rings (SSSR count). The van der Waals surface area contributed by atoms with Crippen LogP contribution in [0.3, 0.4) is 0 Å². The van der Waals surface area contributed by atoms with Crippen LogP contribution in [0.15, 0.2) is 57.1 Å². The second kappa shape index (κ2) is 5.75. The number of carboxylic acids is 1. The van der Waals surface area contributed by atoms with E-state index in [1.807, 2.05) is 0 Å². The number of pyridine rings is 1. The number of sulfone groups is 1. The van der Waals surface area contributed by atoms with Gasteiger partial charge in [0.2, 0.25) is 9.84 Å². The average Bonchev–Trinajstić information content (AvgIpc) is 2.54. The molecule has 0 spiro atoms. The lowest BCUT2D eigenvalue weighted by Gasteiger charge is -2.09. The number of fused-ring (bicyclic) bond motifs is 1. The first-order chi connectivity index (χ1) is 11.7. The molecule has 1 aromatic heterocycles. The standard InChI is InChI=1S/C17H13NO6S/c1-9-2-5-11(6-3-9)25(23,24)15-14(19)12-7-4-10(17(21)22)8-13(12)18-16(15)20/h2-8H,1H3,(H,21,22)(H2,18,19,20). The summed E-state index contributed by atoms with van der Waals surface area (Å²) in [6.07, 6.45) is 0. The number of rotatable bonds is 3. The average molecular weight is 359 g/mol. The van der Waals surface area contributed by atoms with Crippen LogP contribution in [0.1, 0.15) is 15.9 Å². The van der Waals surface area contributed by atoms with E-state index < -0.39 is 32.0 Å².